The van der Waals surface area contributed by atoms with E-state index in [0.29, 0.717) is 11.3 Å². The molecule has 1 aliphatic heterocycles. The first-order chi connectivity index (χ1) is 14.7. The fourth-order valence-corrected chi connectivity index (χ4v) is 4.17. The highest BCUT2D eigenvalue weighted by Gasteiger charge is 2.38. The Morgan fingerprint density at radius 1 is 1.26 bits per heavy atom. The largest absolute Gasteiger partial charge is 0.478 e. The molecule has 2 amide bonds. The van der Waals surface area contributed by atoms with Gasteiger partial charge in [0.05, 0.1) is 15.4 Å². The average Bonchev–Trinajstić information content (AvgIpc) is 3.00. The Labute approximate surface area is 185 Å². The zero-order chi connectivity index (χ0) is 22.7. The van der Waals surface area contributed by atoms with E-state index in [4.69, 9.17) is 17.3 Å². The van der Waals surface area contributed by atoms with Crippen molar-refractivity contribution < 1.29 is 24.4 Å². The van der Waals surface area contributed by atoms with Crippen molar-refractivity contribution in [2.24, 2.45) is 0 Å². The standard InChI is InChI=1S/C20H15N3O6S2/c1-11(17(24)21-14-7-5-13(6-8-14)19(26)27)22-18(25)16(31-20(22)30)10-12-3-2-4-15(9-12)23(28)29/h2-11H,1H3,(H,21,24)(H,26,27)/b16-10-. The Balaban J connectivity index is 1.75. The number of hydrogen-bond acceptors (Lipinski definition) is 7. The predicted octanol–water partition coefficient (Wildman–Crippen LogP) is 3.52. The van der Waals surface area contributed by atoms with Gasteiger partial charge in [-0.15, -0.1) is 0 Å². The molecule has 158 valence electrons. The maximum Gasteiger partial charge on any atom is 0.335 e. The summed E-state index contributed by atoms with van der Waals surface area (Å²) in [7, 11) is 0. The molecule has 1 fully saturated rings. The number of carbonyl (C=O) groups excluding carboxylic acids is 2. The Bertz CT molecular complexity index is 1130. The molecule has 2 N–H and O–H groups in total. The second-order valence-corrected chi connectivity index (χ2v) is 8.13. The molecule has 1 atom stereocenters. The molecule has 0 saturated carbocycles. The molecule has 0 aromatic heterocycles. The fourth-order valence-electron chi connectivity index (χ4n) is 2.75. The first kappa shape index (κ1) is 22.1. The predicted molar refractivity (Wildman–Crippen MR) is 120 cm³/mol. The van der Waals surface area contributed by atoms with Gasteiger partial charge in [-0.05, 0) is 42.8 Å². The highest BCUT2D eigenvalue weighted by Crippen LogP contribution is 2.34. The number of aromatic carboxylic acids is 1. The molecule has 2 aromatic carbocycles. The number of thiocarbonyl (C=S) groups is 1. The maximum absolute atomic E-state index is 12.8. The summed E-state index contributed by atoms with van der Waals surface area (Å²) in [5, 5.41) is 22.5. The first-order valence-corrected chi connectivity index (χ1v) is 10.1. The van der Waals surface area contributed by atoms with Crippen LogP contribution < -0.4 is 5.32 Å². The summed E-state index contributed by atoms with van der Waals surface area (Å²) < 4.78 is 0.186. The van der Waals surface area contributed by atoms with Crippen molar-refractivity contribution in [1.82, 2.24) is 4.90 Å². The number of amides is 2. The van der Waals surface area contributed by atoms with Crippen LogP contribution in [0.3, 0.4) is 0 Å². The summed E-state index contributed by atoms with van der Waals surface area (Å²) in [4.78, 5) is 48.2. The Morgan fingerprint density at radius 3 is 2.55 bits per heavy atom. The highest BCUT2D eigenvalue weighted by atomic mass is 32.2. The second-order valence-electron chi connectivity index (χ2n) is 6.45. The van der Waals surface area contributed by atoms with Gasteiger partial charge < -0.3 is 10.4 Å². The number of rotatable bonds is 6. The molecule has 0 spiro atoms. The number of thioether (sulfide) groups is 1. The van der Waals surface area contributed by atoms with E-state index >= 15 is 0 Å². The Hall–Kier alpha value is -3.57. The van der Waals surface area contributed by atoms with Crippen molar-refractivity contribution in [3.8, 4) is 0 Å². The third kappa shape index (κ3) is 4.95. The number of non-ortho nitro benzene ring substituents is 1. The van der Waals surface area contributed by atoms with E-state index in [0.717, 1.165) is 11.8 Å². The van der Waals surface area contributed by atoms with Crippen molar-refractivity contribution in [1.29, 1.82) is 0 Å². The number of benzene rings is 2. The maximum atomic E-state index is 12.8. The summed E-state index contributed by atoms with van der Waals surface area (Å²) >= 11 is 6.26. The quantitative estimate of drug-likeness (QED) is 0.292. The van der Waals surface area contributed by atoms with Crippen LogP contribution in [0.25, 0.3) is 6.08 Å². The topological polar surface area (TPSA) is 130 Å². The number of nitrogens with zero attached hydrogens (tertiary/aromatic N) is 2. The van der Waals surface area contributed by atoms with Crippen LogP contribution in [0.2, 0.25) is 0 Å². The normalized spacial score (nSPS) is 15.8. The number of carboxylic acid groups (broad SMARTS) is 1. The Kier molecular flexibility index (Phi) is 6.47. The zero-order valence-corrected chi connectivity index (χ0v) is 17.6. The monoisotopic (exact) mass is 457 g/mol. The van der Waals surface area contributed by atoms with Crippen LogP contribution in [0.15, 0.2) is 53.4 Å². The van der Waals surface area contributed by atoms with E-state index in [1.54, 1.807) is 6.07 Å². The number of anilines is 1. The smallest absolute Gasteiger partial charge is 0.335 e. The van der Waals surface area contributed by atoms with E-state index in [1.165, 1.54) is 60.4 Å². The van der Waals surface area contributed by atoms with Gasteiger partial charge in [-0.2, -0.15) is 0 Å². The fraction of sp³-hybridized carbons (Fsp3) is 0.100. The first-order valence-electron chi connectivity index (χ1n) is 8.83. The number of carbonyl (C=O) groups is 3. The van der Waals surface area contributed by atoms with E-state index in [2.05, 4.69) is 5.32 Å². The van der Waals surface area contributed by atoms with Crippen LogP contribution in [-0.2, 0) is 9.59 Å². The van der Waals surface area contributed by atoms with Crippen LogP contribution in [0.4, 0.5) is 11.4 Å². The van der Waals surface area contributed by atoms with Crippen molar-refractivity contribution in [2.45, 2.75) is 13.0 Å². The number of nitro benzene ring substituents is 1. The molecule has 11 heteroatoms. The van der Waals surface area contributed by atoms with Gasteiger partial charge in [0.25, 0.3) is 11.6 Å². The number of nitrogens with one attached hydrogen (secondary N) is 1. The minimum Gasteiger partial charge on any atom is -0.478 e. The highest BCUT2D eigenvalue weighted by molar-refractivity contribution is 8.26. The summed E-state index contributed by atoms with van der Waals surface area (Å²) in [6.07, 6.45) is 1.49. The summed E-state index contributed by atoms with van der Waals surface area (Å²) in [6.45, 7) is 1.52. The van der Waals surface area contributed by atoms with Gasteiger partial charge in [0, 0.05) is 17.8 Å². The van der Waals surface area contributed by atoms with Crippen molar-refractivity contribution in [2.75, 3.05) is 5.32 Å². The van der Waals surface area contributed by atoms with Crippen molar-refractivity contribution >= 4 is 63.5 Å². The average molecular weight is 457 g/mol. The lowest BCUT2D eigenvalue weighted by molar-refractivity contribution is -0.384. The van der Waals surface area contributed by atoms with Gasteiger partial charge in [-0.1, -0.05) is 36.1 Å². The SMILES string of the molecule is CC(C(=O)Nc1ccc(C(=O)O)cc1)N1C(=O)/C(=C/c2cccc([N+](=O)[O-])c2)SC1=S. The molecular weight excluding hydrogens is 442 g/mol. The molecule has 9 nitrogen and oxygen atoms in total. The molecule has 31 heavy (non-hydrogen) atoms. The van der Waals surface area contributed by atoms with Crippen molar-refractivity contribution in [3.63, 3.8) is 0 Å². The van der Waals surface area contributed by atoms with Crippen LogP contribution >= 0.6 is 24.0 Å². The molecule has 1 unspecified atom stereocenters. The minimum atomic E-state index is -1.08. The van der Waals surface area contributed by atoms with Gasteiger partial charge in [0.1, 0.15) is 10.4 Å². The number of nitro groups is 1. The van der Waals surface area contributed by atoms with Gasteiger partial charge >= 0.3 is 5.97 Å². The van der Waals surface area contributed by atoms with Crippen LogP contribution in [-0.4, -0.2) is 43.1 Å². The summed E-state index contributed by atoms with van der Waals surface area (Å²) in [6, 6.07) is 10.5. The van der Waals surface area contributed by atoms with Gasteiger partial charge in [0.2, 0.25) is 5.91 Å². The third-order valence-electron chi connectivity index (χ3n) is 4.37. The number of carboxylic acids is 1. The van der Waals surface area contributed by atoms with Crippen LogP contribution in [0.1, 0.15) is 22.8 Å². The molecular formula is C20H15N3O6S2. The third-order valence-corrected chi connectivity index (χ3v) is 5.70. The lowest BCUT2D eigenvalue weighted by atomic mass is 10.1. The molecule has 0 radical (unpaired) electrons. The zero-order valence-electron chi connectivity index (χ0n) is 16.0. The lowest BCUT2D eigenvalue weighted by Gasteiger charge is -2.22. The molecule has 1 aliphatic rings. The van der Waals surface area contributed by atoms with E-state index < -0.39 is 28.7 Å². The molecule has 0 aliphatic carbocycles. The molecule has 2 aromatic rings. The van der Waals surface area contributed by atoms with Crippen LogP contribution in [0, 0.1) is 10.1 Å². The van der Waals surface area contributed by atoms with Crippen molar-refractivity contribution in [3.05, 3.63) is 74.7 Å². The van der Waals surface area contributed by atoms with E-state index in [-0.39, 0.29) is 20.5 Å². The van der Waals surface area contributed by atoms with Gasteiger partial charge in [0.15, 0.2) is 0 Å². The van der Waals surface area contributed by atoms with Gasteiger partial charge in [-0.25, -0.2) is 4.79 Å². The molecule has 3 rings (SSSR count). The van der Waals surface area contributed by atoms with Gasteiger partial charge in [-0.3, -0.25) is 24.6 Å². The summed E-state index contributed by atoms with van der Waals surface area (Å²) in [5.41, 5.74) is 0.810. The summed E-state index contributed by atoms with van der Waals surface area (Å²) in [5.74, 6) is -2.07. The molecule has 1 heterocycles. The second kappa shape index (κ2) is 9.06. The van der Waals surface area contributed by atoms with E-state index in [1.807, 2.05) is 0 Å². The molecule has 0 bridgehead atoms. The van der Waals surface area contributed by atoms with Crippen LogP contribution in [0.5, 0.6) is 0 Å². The minimum absolute atomic E-state index is 0.0780. The molecule has 1 saturated heterocycles. The van der Waals surface area contributed by atoms with E-state index in [9.17, 15) is 24.5 Å². The number of hydrogen-bond donors (Lipinski definition) is 2. The Morgan fingerprint density at radius 2 is 1.94 bits per heavy atom. The lowest BCUT2D eigenvalue weighted by Crippen LogP contribution is -2.44.